The second-order valence-corrected chi connectivity index (χ2v) is 7.47. The van der Waals surface area contributed by atoms with Crippen LogP contribution in [0.15, 0.2) is 40.3 Å². The predicted octanol–water partition coefficient (Wildman–Crippen LogP) is 4.41. The highest BCUT2D eigenvalue weighted by molar-refractivity contribution is 6.33. The molecule has 0 bridgehead atoms. The first-order valence-corrected chi connectivity index (χ1v) is 9.44. The summed E-state index contributed by atoms with van der Waals surface area (Å²) < 4.78 is 5.95. The molecule has 2 aromatic heterocycles. The van der Waals surface area contributed by atoms with Crippen molar-refractivity contribution in [3.8, 4) is 11.3 Å². The summed E-state index contributed by atoms with van der Waals surface area (Å²) in [5, 5.41) is 9.45. The molecule has 0 saturated heterocycles. The number of fused-ring (bicyclic) bond motifs is 1. The fourth-order valence-electron chi connectivity index (χ4n) is 3.53. The number of halogens is 1. The van der Waals surface area contributed by atoms with Crippen LogP contribution in [0.4, 0.5) is 11.5 Å². The molecular weight excluding hydrogens is 404 g/mol. The summed E-state index contributed by atoms with van der Waals surface area (Å²) in [5.74, 6) is 0.233. The zero-order valence-electron chi connectivity index (χ0n) is 16.3. The van der Waals surface area contributed by atoms with Crippen LogP contribution in [-0.4, -0.2) is 16.1 Å². The third kappa shape index (κ3) is 3.00. The van der Waals surface area contributed by atoms with E-state index < -0.39 is 5.97 Å². The van der Waals surface area contributed by atoms with Crippen LogP contribution in [0.25, 0.3) is 28.7 Å². The highest BCUT2D eigenvalue weighted by Gasteiger charge is 2.27. The van der Waals surface area contributed by atoms with E-state index in [9.17, 15) is 9.90 Å². The first-order chi connectivity index (χ1) is 14.2. The zero-order chi connectivity index (χ0) is 21.7. The van der Waals surface area contributed by atoms with Crippen molar-refractivity contribution in [3.05, 3.63) is 69.1 Å². The fourth-order valence-corrected chi connectivity index (χ4v) is 3.72. The minimum Gasteiger partial charge on any atom is -0.478 e. The molecule has 1 aromatic carbocycles. The number of nitrogens with zero attached hydrogens (tertiary/aromatic N) is 1. The molecule has 3 aromatic rings. The van der Waals surface area contributed by atoms with E-state index in [4.69, 9.17) is 33.2 Å². The maximum absolute atomic E-state index is 11.3. The average Bonchev–Trinajstić information content (AvgIpc) is 3.26. The number of nitrogen functional groups attached to an aromatic ring is 2. The maximum Gasteiger partial charge on any atom is 0.337 e. The van der Waals surface area contributed by atoms with Gasteiger partial charge in [-0.05, 0) is 67.0 Å². The molecule has 0 spiro atoms. The van der Waals surface area contributed by atoms with Crippen LogP contribution < -0.4 is 17.2 Å². The molecule has 8 heteroatoms. The van der Waals surface area contributed by atoms with Gasteiger partial charge >= 0.3 is 5.97 Å². The molecule has 1 aliphatic rings. The monoisotopic (exact) mass is 422 g/mol. The van der Waals surface area contributed by atoms with Gasteiger partial charge in [-0.25, -0.2) is 9.78 Å². The molecule has 0 atom stereocenters. The average molecular weight is 423 g/mol. The van der Waals surface area contributed by atoms with Gasteiger partial charge in [-0.2, -0.15) is 0 Å². The molecule has 0 radical (unpaired) electrons. The Labute approximate surface area is 177 Å². The maximum atomic E-state index is 11.3. The van der Waals surface area contributed by atoms with Crippen molar-refractivity contribution in [1.29, 1.82) is 0 Å². The number of carboxylic acids is 1. The van der Waals surface area contributed by atoms with E-state index in [1.165, 1.54) is 12.1 Å². The Balaban J connectivity index is 1.79. The number of aromatic nitrogens is 1. The largest absolute Gasteiger partial charge is 0.478 e. The zero-order valence-corrected chi connectivity index (χ0v) is 17.0. The van der Waals surface area contributed by atoms with Gasteiger partial charge in [0.25, 0.3) is 0 Å². The first kappa shape index (κ1) is 19.6. The van der Waals surface area contributed by atoms with Crippen LogP contribution in [0.5, 0.6) is 0 Å². The van der Waals surface area contributed by atoms with Crippen LogP contribution in [0, 0.1) is 6.92 Å². The van der Waals surface area contributed by atoms with Crippen LogP contribution in [0.1, 0.15) is 39.9 Å². The Bertz CT molecular complexity index is 1290. The molecule has 2 heterocycles. The molecule has 152 valence electrons. The Hall–Kier alpha value is -3.71. The van der Waals surface area contributed by atoms with Crippen molar-refractivity contribution in [1.82, 2.24) is 4.98 Å². The number of nitrogens with two attached hydrogens (primary N) is 3. The molecule has 0 unspecified atom stereocenters. The van der Waals surface area contributed by atoms with Crippen LogP contribution in [-0.2, 0) is 0 Å². The lowest BCUT2D eigenvalue weighted by Crippen LogP contribution is -2.07. The third-order valence-electron chi connectivity index (χ3n) is 5.25. The number of carbonyl (C=O) groups is 1. The van der Waals surface area contributed by atoms with E-state index in [2.05, 4.69) is 4.98 Å². The minimum atomic E-state index is -1.10. The van der Waals surface area contributed by atoms with Gasteiger partial charge in [0.2, 0.25) is 0 Å². The lowest BCUT2D eigenvalue weighted by Gasteiger charge is -2.11. The van der Waals surface area contributed by atoms with Crippen molar-refractivity contribution < 1.29 is 14.3 Å². The van der Waals surface area contributed by atoms with Gasteiger partial charge in [0.05, 0.1) is 27.7 Å². The number of pyridine rings is 1. The molecule has 0 fully saturated rings. The van der Waals surface area contributed by atoms with Crippen LogP contribution in [0.3, 0.4) is 0 Å². The second kappa shape index (κ2) is 6.96. The fraction of sp³-hybridized carbons (Fsp3) is 0.0909. The summed E-state index contributed by atoms with van der Waals surface area (Å²) in [6.45, 7) is 3.78. The number of hydrogen-bond donors (Lipinski definition) is 4. The highest BCUT2D eigenvalue weighted by atomic mass is 35.5. The number of carboxylic acid groups (broad SMARTS) is 1. The van der Waals surface area contributed by atoms with Crippen molar-refractivity contribution in [2.24, 2.45) is 5.73 Å². The number of anilines is 2. The summed E-state index contributed by atoms with van der Waals surface area (Å²) in [6.07, 6.45) is 1.86. The van der Waals surface area contributed by atoms with E-state index in [0.717, 1.165) is 22.3 Å². The van der Waals surface area contributed by atoms with Gasteiger partial charge in [-0.1, -0.05) is 11.6 Å². The summed E-state index contributed by atoms with van der Waals surface area (Å²) in [7, 11) is 0. The minimum absolute atomic E-state index is 0.0107. The number of hydrogen-bond acceptors (Lipinski definition) is 6. The van der Waals surface area contributed by atoms with E-state index >= 15 is 0 Å². The van der Waals surface area contributed by atoms with Gasteiger partial charge in [0, 0.05) is 11.1 Å². The Morgan fingerprint density at radius 3 is 2.60 bits per heavy atom. The number of furan rings is 1. The van der Waals surface area contributed by atoms with Crippen molar-refractivity contribution in [2.75, 3.05) is 11.5 Å². The number of aromatic carboxylic acids is 1. The number of benzene rings is 1. The van der Waals surface area contributed by atoms with E-state index in [1.54, 1.807) is 18.2 Å². The lowest BCUT2D eigenvalue weighted by atomic mass is 9.99. The van der Waals surface area contributed by atoms with Crippen molar-refractivity contribution in [3.63, 3.8) is 0 Å². The first-order valence-electron chi connectivity index (χ1n) is 9.06. The molecule has 4 rings (SSSR count). The van der Waals surface area contributed by atoms with Crippen molar-refractivity contribution in [2.45, 2.75) is 13.8 Å². The van der Waals surface area contributed by atoms with Gasteiger partial charge in [0.15, 0.2) is 0 Å². The molecule has 7 N–H and O–H groups in total. The van der Waals surface area contributed by atoms with Gasteiger partial charge in [-0.15, -0.1) is 0 Å². The normalized spacial score (nSPS) is 14.4. The van der Waals surface area contributed by atoms with Gasteiger partial charge in [-0.3, -0.25) is 0 Å². The van der Waals surface area contributed by atoms with Crippen molar-refractivity contribution >= 4 is 46.4 Å². The second-order valence-electron chi connectivity index (χ2n) is 7.06. The Morgan fingerprint density at radius 1 is 1.17 bits per heavy atom. The van der Waals surface area contributed by atoms with E-state index in [-0.39, 0.29) is 16.4 Å². The topological polar surface area (TPSA) is 141 Å². The summed E-state index contributed by atoms with van der Waals surface area (Å²) >= 11 is 5.95. The number of rotatable bonds is 3. The van der Waals surface area contributed by atoms with E-state index in [1.807, 2.05) is 19.9 Å². The summed E-state index contributed by atoms with van der Waals surface area (Å²) in [4.78, 5) is 15.7. The van der Waals surface area contributed by atoms with Crippen LogP contribution in [0.2, 0.25) is 5.02 Å². The molecular formula is C22H19ClN4O3. The predicted molar refractivity (Wildman–Crippen MR) is 119 cm³/mol. The van der Waals surface area contributed by atoms with E-state index in [0.29, 0.717) is 34.2 Å². The molecule has 30 heavy (non-hydrogen) atoms. The standard InChI is InChI=1S/C22H19ClN4O3/c1-9-13(17-10(2)19(25)21(26)27-20(17)18(9)24)8-12-4-6-16(30-12)11-3-5-15(23)14(7-11)22(28)29/h3-8H,24-25H2,1-2H3,(H2,26,27)(H,28,29)/b13-8+. The highest BCUT2D eigenvalue weighted by Crippen LogP contribution is 2.43. The SMILES string of the molecule is CC1=C(N)c2nc(N)c(N)c(C)c2/C1=C/c1ccc(-c2ccc(Cl)c(C(=O)O)c2)o1. The number of allylic oxidation sites excluding steroid dienone is 2. The quantitative estimate of drug-likeness (QED) is 0.489. The Morgan fingerprint density at radius 2 is 1.90 bits per heavy atom. The van der Waals surface area contributed by atoms with Gasteiger partial charge in [0.1, 0.15) is 17.3 Å². The lowest BCUT2D eigenvalue weighted by molar-refractivity contribution is 0.0697. The third-order valence-corrected chi connectivity index (χ3v) is 5.58. The molecule has 7 nitrogen and oxygen atoms in total. The molecule has 0 saturated carbocycles. The van der Waals surface area contributed by atoms with Gasteiger partial charge < -0.3 is 26.7 Å². The molecule has 1 aliphatic carbocycles. The summed E-state index contributed by atoms with van der Waals surface area (Å²) in [5.41, 5.74) is 23.8. The van der Waals surface area contributed by atoms with Crippen LogP contribution >= 0.6 is 11.6 Å². The smallest absolute Gasteiger partial charge is 0.337 e. The molecule has 0 amide bonds. The summed E-state index contributed by atoms with van der Waals surface area (Å²) in [6, 6.07) is 8.27. The Kier molecular flexibility index (Phi) is 4.55. The molecule has 0 aliphatic heterocycles.